The van der Waals surface area contributed by atoms with E-state index in [1.807, 2.05) is 0 Å². The standard InChI is InChI=1S/C21H22F4N4O2S/c1-20(32-15-9-8-14(11-26)16(10-15)21(23,24)25)28(2)17(30)12-29(20)19(22)27-18(31)13-6-4-3-5-7-13/h3-10,19H,12H2,1-2H3,32H4,(H,27,31)/i12D2,32D4. The second kappa shape index (κ2) is 8.80. The van der Waals surface area contributed by atoms with Crippen LogP contribution in [0.25, 0.3) is 0 Å². The van der Waals surface area contributed by atoms with E-state index in [1.165, 1.54) is 30.3 Å². The molecule has 0 radical (unpaired) electrons. The second-order valence-electron chi connectivity index (χ2n) is 6.87. The van der Waals surface area contributed by atoms with Gasteiger partial charge in [-0.2, -0.15) is 18.4 Å². The Morgan fingerprint density at radius 3 is 2.59 bits per heavy atom. The molecule has 0 aromatic heterocycles. The number of halogens is 4. The van der Waals surface area contributed by atoms with E-state index >= 15 is 4.39 Å². The highest BCUT2D eigenvalue weighted by molar-refractivity contribution is 8.00. The van der Waals surface area contributed by atoms with Crippen LogP contribution in [0.3, 0.4) is 0 Å². The Kier molecular flexibility index (Phi) is 4.54. The number of likely N-dealkylation sites (N-methyl/N-ethyl adjacent to an activating group) is 1. The maximum atomic E-state index is 15.8. The Balaban J connectivity index is 2.28. The molecule has 2 unspecified atom stereocenters. The van der Waals surface area contributed by atoms with Gasteiger partial charge < -0.3 is 10.2 Å². The van der Waals surface area contributed by atoms with Gasteiger partial charge in [-0.1, -0.05) is 24.3 Å². The van der Waals surface area contributed by atoms with Crippen LogP contribution in [-0.4, -0.2) is 51.1 Å². The fraction of sp³-hybridized carbons (Fsp3) is 0.286. The fourth-order valence-electron chi connectivity index (χ4n) is 3.00. The lowest BCUT2D eigenvalue weighted by Gasteiger charge is -2.42. The lowest BCUT2D eigenvalue weighted by molar-refractivity contribution is -0.138. The predicted octanol–water partition coefficient (Wildman–Crippen LogP) is 2.73. The van der Waals surface area contributed by atoms with Gasteiger partial charge in [0.1, 0.15) is 4.99 Å². The molecule has 11 heteroatoms. The van der Waals surface area contributed by atoms with Gasteiger partial charge in [-0.25, -0.2) is 9.29 Å². The molecule has 2 atom stereocenters. The molecule has 2 amide bonds. The number of alkyl halides is 4. The van der Waals surface area contributed by atoms with Crippen molar-refractivity contribution in [3.05, 3.63) is 65.2 Å². The molecule has 3 rings (SSSR count). The van der Waals surface area contributed by atoms with Gasteiger partial charge in [0, 0.05) is 12.6 Å². The molecule has 6 nitrogen and oxygen atoms in total. The van der Waals surface area contributed by atoms with Crippen molar-refractivity contribution in [2.75, 3.05) is 13.5 Å². The van der Waals surface area contributed by atoms with E-state index in [-0.39, 0.29) is 21.4 Å². The average molecular weight is 477 g/mol. The number of amides is 2. The zero-order valence-corrected chi connectivity index (χ0v) is 17.6. The van der Waals surface area contributed by atoms with Gasteiger partial charge in [-0.05, 0) is 36.1 Å². The van der Waals surface area contributed by atoms with Crippen LogP contribution in [0.15, 0.2) is 53.4 Å². The first-order valence-corrected chi connectivity index (χ1v) is 9.93. The number of nitrogens with zero attached hydrogens (tertiary/aromatic N) is 3. The molecule has 1 N–H and O–H groups in total. The quantitative estimate of drug-likeness (QED) is 0.532. The van der Waals surface area contributed by atoms with Crippen molar-refractivity contribution in [3.8, 4) is 6.07 Å². The highest BCUT2D eigenvalue weighted by Gasteiger charge is 2.48. The molecule has 0 saturated carbocycles. The third-order valence-corrected chi connectivity index (χ3v) is 6.18. The van der Waals surface area contributed by atoms with Crippen LogP contribution in [0, 0.1) is 11.3 Å². The van der Waals surface area contributed by atoms with Gasteiger partial charge in [0.15, 0.2) is 0 Å². The number of hydrogen-bond donors (Lipinski definition) is 1. The van der Waals surface area contributed by atoms with Gasteiger partial charge in [0.2, 0.25) is 12.3 Å². The van der Waals surface area contributed by atoms with E-state index in [2.05, 4.69) is 0 Å². The summed E-state index contributed by atoms with van der Waals surface area (Å²) in [6, 6.07) is 9.42. The Bertz CT molecular complexity index is 1370. The van der Waals surface area contributed by atoms with Crippen LogP contribution >= 0.6 is 11.4 Å². The Labute approximate surface area is 192 Å². The molecule has 0 aliphatic carbocycles. The molecule has 32 heavy (non-hydrogen) atoms. The van der Waals surface area contributed by atoms with Crippen molar-refractivity contribution in [1.82, 2.24) is 15.1 Å². The predicted molar refractivity (Wildman–Crippen MR) is 114 cm³/mol. The van der Waals surface area contributed by atoms with Gasteiger partial charge in [0.05, 0.1) is 30.9 Å². The summed E-state index contributed by atoms with van der Waals surface area (Å²) in [4.78, 5) is 21.0. The number of carbonyl (C=O) groups excluding carboxylic acids is 2. The number of nitriles is 1. The molecule has 1 aliphatic rings. The van der Waals surface area contributed by atoms with Crippen molar-refractivity contribution >= 4 is 23.2 Å². The van der Waals surface area contributed by atoms with Gasteiger partial charge in [-0.3, -0.25) is 21.0 Å². The first kappa shape index (κ1) is 16.5. The summed E-state index contributed by atoms with van der Waals surface area (Å²) in [5, 5.41) is 10.8. The summed E-state index contributed by atoms with van der Waals surface area (Å²) in [5.74, 6) is -2.72. The molecule has 1 fully saturated rings. The van der Waals surface area contributed by atoms with E-state index < -0.39 is 63.3 Å². The summed E-state index contributed by atoms with van der Waals surface area (Å²) in [6.45, 7) is -2.83. The smallest absolute Gasteiger partial charge is 0.320 e. The lowest BCUT2D eigenvalue weighted by atomic mass is 10.1. The molecule has 0 spiro atoms. The summed E-state index contributed by atoms with van der Waals surface area (Å²) in [7, 11) is 0.770. The van der Waals surface area contributed by atoms with Gasteiger partial charge in [-0.15, -0.1) is 0 Å². The van der Waals surface area contributed by atoms with Gasteiger partial charge in [0.25, 0.3) is 5.91 Å². The van der Waals surface area contributed by atoms with Crippen LogP contribution in [-0.2, 0) is 11.0 Å². The van der Waals surface area contributed by atoms with E-state index in [4.69, 9.17) is 12.5 Å². The van der Waals surface area contributed by atoms with Crippen molar-refractivity contribution in [1.29, 1.82) is 9.76 Å². The van der Waals surface area contributed by atoms with Crippen molar-refractivity contribution in [3.63, 3.8) is 0 Å². The summed E-state index contributed by atoms with van der Waals surface area (Å²) >= 11 is -7.46. The Morgan fingerprint density at radius 2 is 2.00 bits per heavy atom. The monoisotopic (exact) mass is 476 g/mol. The van der Waals surface area contributed by atoms with E-state index in [0.29, 0.717) is 19.1 Å². The van der Waals surface area contributed by atoms with E-state index in [1.54, 1.807) is 11.4 Å². The molecule has 2 aromatic carbocycles. The highest BCUT2D eigenvalue weighted by Crippen LogP contribution is 2.44. The molecule has 1 aliphatic heterocycles. The number of rotatable bonds is 5. The molecule has 172 valence electrons. The van der Waals surface area contributed by atoms with Gasteiger partial charge >= 0.3 is 6.18 Å². The Morgan fingerprint density at radius 1 is 1.34 bits per heavy atom. The molecule has 2 aromatic rings. The highest BCUT2D eigenvalue weighted by atomic mass is 32.2. The zero-order valence-electron chi connectivity index (χ0n) is 22.8. The zero-order chi connectivity index (χ0) is 29.2. The summed E-state index contributed by atoms with van der Waals surface area (Å²) in [5.41, 5.74) is -2.72. The third kappa shape index (κ3) is 4.56. The second-order valence-corrected chi connectivity index (χ2v) is 8.32. The summed E-state index contributed by atoms with van der Waals surface area (Å²) in [6.07, 6.45) is -8.24. The van der Waals surface area contributed by atoms with Crippen molar-refractivity contribution in [2.45, 2.75) is 29.4 Å². The maximum Gasteiger partial charge on any atom is 0.417 e. The van der Waals surface area contributed by atoms with Crippen molar-refractivity contribution in [2.24, 2.45) is 0 Å². The first-order valence-electron chi connectivity index (χ1n) is 11.7. The SMILES string of the molecule is [2H]C1([2H])C(=O)N(C)C(C)(S([2H])([2H])([2H])([2H])c2ccc(C#N)c(C(F)(F)F)c2)N1C(F)NC(=O)c1ccccc1. The Hall–Kier alpha value is -3.10. The number of carbonyl (C=O) groups is 2. The fourth-order valence-corrected chi connectivity index (χ4v) is 4.22. The number of benzene rings is 2. The minimum absolute atomic E-state index is 0.0610. The third-order valence-electron chi connectivity index (χ3n) is 4.83. The van der Waals surface area contributed by atoms with E-state index in [9.17, 15) is 22.8 Å². The molecule has 0 bridgehead atoms. The molecular formula is C21H22F4N4O2S. The minimum Gasteiger partial charge on any atom is -0.320 e. The van der Waals surface area contributed by atoms with Crippen LogP contribution in [0.2, 0.25) is 0 Å². The number of hydrogen-bond acceptors (Lipinski definition) is 4. The van der Waals surface area contributed by atoms with Crippen LogP contribution in [0.5, 0.6) is 0 Å². The van der Waals surface area contributed by atoms with Crippen LogP contribution in [0.4, 0.5) is 17.6 Å². The lowest BCUT2D eigenvalue weighted by Crippen LogP contribution is -2.55. The largest absolute Gasteiger partial charge is 0.417 e. The van der Waals surface area contributed by atoms with Crippen LogP contribution in [0.1, 0.15) is 31.2 Å². The van der Waals surface area contributed by atoms with Crippen molar-refractivity contribution < 1.29 is 29.9 Å². The summed E-state index contributed by atoms with van der Waals surface area (Å²) < 4.78 is 109. The molecular weight excluding hydrogens is 448 g/mol. The van der Waals surface area contributed by atoms with E-state index in [0.717, 1.165) is 7.05 Å². The topological polar surface area (TPSA) is 76.4 Å². The van der Waals surface area contributed by atoms with Crippen LogP contribution < -0.4 is 5.32 Å². The molecule has 1 heterocycles. The first-order chi connectivity index (χ1) is 17.0. The average Bonchev–Trinajstić information content (AvgIpc) is 2.95. The number of nitrogens with one attached hydrogen (secondary N) is 1. The minimum atomic E-state index is -7.46. The molecule has 1 saturated heterocycles. The normalized spacial score (nSPS) is 27.3. The maximum absolute atomic E-state index is 15.8.